The van der Waals surface area contributed by atoms with Gasteiger partial charge in [-0.25, -0.2) is 22.9 Å². The highest BCUT2D eigenvalue weighted by Crippen LogP contribution is 2.25. The summed E-state index contributed by atoms with van der Waals surface area (Å²) in [6.07, 6.45) is 1.38. The quantitative estimate of drug-likeness (QED) is 0.666. The van der Waals surface area contributed by atoms with E-state index in [1.165, 1.54) is 42.6 Å². The highest BCUT2D eigenvalue weighted by atomic mass is 32.2. The molecule has 128 valence electrons. The van der Waals surface area contributed by atoms with Crippen LogP contribution in [-0.4, -0.2) is 19.2 Å². The minimum absolute atomic E-state index is 0.0369. The van der Waals surface area contributed by atoms with E-state index in [1.807, 2.05) is 0 Å². The van der Waals surface area contributed by atoms with Crippen LogP contribution in [0.1, 0.15) is 15.2 Å². The summed E-state index contributed by atoms with van der Waals surface area (Å²) in [7, 11) is -3.81. The highest BCUT2D eigenvalue weighted by molar-refractivity contribution is 7.89. The highest BCUT2D eigenvalue weighted by Gasteiger charge is 2.14. The molecule has 0 aliphatic carbocycles. The summed E-state index contributed by atoms with van der Waals surface area (Å²) in [6, 6.07) is 11.3. The lowest BCUT2D eigenvalue weighted by atomic mass is 10.1. The first-order valence-electron chi connectivity index (χ1n) is 6.99. The van der Waals surface area contributed by atoms with Crippen molar-refractivity contribution in [2.45, 2.75) is 4.90 Å². The summed E-state index contributed by atoms with van der Waals surface area (Å²) in [4.78, 5) is 16.7. The van der Waals surface area contributed by atoms with Gasteiger partial charge in [-0.3, -0.25) is 4.79 Å². The van der Waals surface area contributed by atoms with Crippen molar-refractivity contribution in [1.29, 1.82) is 0 Å². The third kappa shape index (κ3) is 4.08. The second-order valence-electron chi connectivity index (χ2n) is 5.07. The number of anilines is 2. The van der Waals surface area contributed by atoms with Crippen LogP contribution in [0.2, 0.25) is 0 Å². The van der Waals surface area contributed by atoms with Crippen molar-refractivity contribution in [2.24, 2.45) is 5.14 Å². The SMILES string of the molecule is NS(=O)(=O)c1cccc(Nc2ncc(C(=O)c3cccc(F)c3)s2)c1. The average Bonchev–Trinajstić information content (AvgIpc) is 3.02. The topological polar surface area (TPSA) is 102 Å². The molecule has 3 aromatic rings. The molecule has 0 aliphatic rings. The third-order valence-electron chi connectivity index (χ3n) is 3.23. The second-order valence-corrected chi connectivity index (χ2v) is 7.66. The number of primary sulfonamides is 1. The zero-order valence-electron chi connectivity index (χ0n) is 12.6. The number of nitrogens with one attached hydrogen (secondary N) is 1. The van der Waals surface area contributed by atoms with Gasteiger partial charge in [-0.2, -0.15) is 0 Å². The fourth-order valence-electron chi connectivity index (χ4n) is 2.08. The molecule has 1 heterocycles. The zero-order chi connectivity index (χ0) is 18.0. The lowest BCUT2D eigenvalue weighted by Crippen LogP contribution is -2.12. The Balaban J connectivity index is 1.82. The number of carbonyl (C=O) groups excluding carboxylic acids is 1. The van der Waals surface area contributed by atoms with E-state index in [2.05, 4.69) is 10.3 Å². The van der Waals surface area contributed by atoms with Gasteiger partial charge in [0.2, 0.25) is 15.8 Å². The van der Waals surface area contributed by atoms with Gasteiger partial charge in [0.1, 0.15) is 5.82 Å². The number of ketones is 1. The molecule has 0 aliphatic heterocycles. The van der Waals surface area contributed by atoms with Crippen LogP contribution in [0.5, 0.6) is 0 Å². The van der Waals surface area contributed by atoms with Gasteiger partial charge in [0.05, 0.1) is 16.0 Å². The van der Waals surface area contributed by atoms with E-state index in [0.717, 1.165) is 17.4 Å². The molecular formula is C16H12FN3O3S2. The summed E-state index contributed by atoms with van der Waals surface area (Å²) >= 11 is 1.07. The van der Waals surface area contributed by atoms with Gasteiger partial charge < -0.3 is 5.32 Å². The van der Waals surface area contributed by atoms with Crippen molar-refractivity contribution in [3.8, 4) is 0 Å². The molecule has 25 heavy (non-hydrogen) atoms. The molecule has 0 saturated carbocycles. The predicted octanol–water partition coefficient (Wildman–Crippen LogP) is 2.90. The lowest BCUT2D eigenvalue weighted by molar-refractivity contribution is 0.104. The molecule has 9 heteroatoms. The van der Waals surface area contributed by atoms with Crippen LogP contribution in [0, 0.1) is 5.82 Å². The van der Waals surface area contributed by atoms with Gasteiger partial charge in [-0.1, -0.05) is 29.5 Å². The van der Waals surface area contributed by atoms with Crippen molar-refractivity contribution >= 4 is 38.0 Å². The summed E-state index contributed by atoms with van der Waals surface area (Å²) in [6.45, 7) is 0. The number of benzene rings is 2. The molecule has 0 bridgehead atoms. The Morgan fingerprint density at radius 3 is 2.64 bits per heavy atom. The summed E-state index contributed by atoms with van der Waals surface area (Å²) in [5.74, 6) is -0.836. The average molecular weight is 377 g/mol. The van der Waals surface area contributed by atoms with Crippen molar-refractivity contribution in [2.75, 3.05) is 5.32 Å². The fraction of sp³-hybridized carbons (Fsp3) is 0. The molecule has 0 spiro atoms. The van der Waals surface area contributed by atoms with Crippen LogP contribution < -0.4 is 10.5 Å². The van der Waals surface area contributed by atoms with Crippen molar-refractivity contribution in [3.05, 3.63) is 71.0 Å². The van der Waals surface area contributed by atoms with Crippen molar-refractivity contribution < 1.29 is 17.6 Å². The Morgan fingerprint density at radius 2 is 1.92 bits per heavy atom. The maximum atomic E-state index is 13.2. The number of hydrogen-bond acceptors (Lipinski definition) is 6. The van der Waals surface area contributed by atoms with E-state index in [9.17, 15) is 17.6 Å². The second kappa shape index (κ2) is 6.71. The number of nitrogens with two attached hydrogens (primary N) is 1. The molecule has 0 fully saturated rings. The molecule has 2 aromatic carbocycles. The van der Waals surface area contributed by atoms with E-state index in [-0.39, 0.29) is 16.2 Å². The minimum Gasteiger partial charge on any atom is -0.331 e. The van der Waals surface area contributed by atoms with Crippen LogP contribution in [-0.2, 0) is 10.0 Å². The molecular weight excluding hydrogens is 365 g/mol. The molecule has 0 atom stereocenters. The van der Waals surface area contributed by atoms with Gasteiger partial charge in [0.25, 0.3) is 0 Å². The summed E-state index contributed by atoms with van der Waals surface area (Å²) in [5.41, 5.74) is 0.692. The van der Waals surface area contributed by atoms with Crippen LogP contribution >= 0.6 is 11.3 Å². The van der Waals surface area contributed by atoms with E-state index in [0.29, 0.717) is 15.7 Å². The largest absolute Gasteiger partial charge is 0.331 e. The zero-order valence-corrected chi connectivity index (χ0v) is 14.3. The van der Waals surface area contributed by atoms with Crippen molar-refractivity contribution in [3.63, 3.8) is 0 Å². The maximum Gasteiger partial charge on any atom is 0.238 e. The van der Waals surface area contributed by atoms with E-state index in [1.54, 1.807) is 6.07 Å². The normalized spacial score (nSPS) is 11.3. The van der Waals surface area contributed by atoms with E-state index in [4.69, 9.17) is 5.14 Å². The Hall–Kier alpha value is -2.62. The predicted molar refractivity (Wildman–Crippen MR) is 93.0 cm³/mol. The first-order chi connectivity index (χ1) is 11.8. The van der Waals surface area contributed by atoms with Gasteiger partial charge in [-0.15, -0.1) is 0 Å². The molecule has 0 radical (unpaired) electrons. The Bertz CT molecular complexity index is 1050. The first kappa shape index (κ1) is 17.2. The summed E-state index contributed by atoms with van der Waals surface area (Å²) < 4.78 is 36.0. The van der Waals surface area contributed by atoms with Crippen LogP contribution in [0.25, 0.3) is 0 Å². The molecule has 0 amide bonds. The standard InChI is InChI=1S/C16H12FN3O3S2/c17-11-4-1-3-10(7-11)15(21)14-9-19-16(24-14)20-12-5-2-6-13(8-12)25(18,22)23/h1-9H,(H,19,20)(H2,18,22,23). The van der Waals surface area contributed by atoms with Crippen molar-refractivity contribution in [1.82, 2.24) is 4.98 Å². The van der Waals surface area contributed by atoms with Gasteiger partial charge in [0.15, 0.2) is 5.13 Å². The number of aromatic nitrogens is 1. The van der Waals surface area contributed by atoms with Crippen LogP contribution in [0.15, 0.2) is 59.6 Å². The van der Waals surface area contributed by atoms with Crippen LogP contribution in [0.3, 0.4) is 0 Å². The smallest absolute Gasteiger partial charge is 0.238 e. The molecule has 3 N–H and O–H groups in total. The van der Waals surface area contributed by atoms with Gasteiger partial charge >= 0.3 is 0 Å². The number of thiazole rings is 1. The molecule has 3 rings (SSSR count). The first-order valence-corrected chi connectivity index (χ1v) is 9.35. The third-order valence-corrected chi connectivity index (χ3v) is 5.05. The van der Waals surface area contributed by atoms with Crippen LogP contribution in [0.4, 0.5) is 15.2 Å². The van der Waals surface area contributed by atoms with E-state index < -0.39 is 15.8 Å². The van der Waals surface area contributed by atoms with Gasteiger partial charge in [-0.05, 0) is 30.3 Å². The molecule has 6 nitrogen and oxygen atoms in total. The number of rotatable bonds is 5. The van der Waals surface area contributed by atoms with E-state index >= 15 is 0 Å². The number of carbonyl (C=O) groups is 1. The Morgan fingerprint density at radius 1 is 1.16 bits per heavy atom. The number of halogens is 1. The molecule has 1 aromatic heterocycles. The monoisotopic (exact) mass is 377 g/mol. The number of sulfonamides is 1. The fourth-order valence-corrected chi connectivity index (χ4v) is 3.44. The molecule has 0 unspecified atom stereocenters. The summed E-state index contributed by atoms with van der Waals surface area (Å²) in [5, 5.41) is 8.41. The molecule has 0 saturated heterocycles. The minimum atomic E-state index is -3.81. The van der Waals surface area contributed by atoms with Gasteiger partial charge in [0, 0.05) is 11.3 Å². The maximum absolute atomic E-state index is 13.2. The Kier molecular flexibility index (Phi) is 4.62. The number of hydrogen-bond donors (Lipinski definition) is 2. The lowest BCUT2D eigenvalue weighted by Gasteiger charge is -2.04. The Labute approximate surface area is 147 Å². The number of nitrogens with zero attached hydrogens (tertiary/aromatic N) is 1.